The standard InChI is InChI=1S/C14H12ClNO2/c1-10-8-13(17)6-7-14(10)16(18)9-11-2-4-12(15)5-3-11/h2-9,17H,1H3. The Hall–Kier alpha value is -2.00. The topological polar surface area (TPSA) is 46.3 Å². The van der Waals surface area contributed by atoms with Crippen molar-refractivity contribution in [3.05, 3.63) is 63.8 Å². The van der Waals surface area contributed by atoms with Crippen molar-refractivity contribution in [2.24, 2.45) is 0 Å². The Morgan fingerprint density at radius 1 is 1.17 bits per heavy atom. The van der Waals surface area contributed by atoms with Gasteiger partial charge in [-0.3, -0.25) is 0 Å². The van der Waals surface area contributed by atoms with E-state index in [1.807, 2.05) is 0 Å². The highest BCUT2D eigenvalue weighted by Crippen LogP contribution is 2.22. The maximum absolute atomic E-state index is 12.0. The van der Waals surface area contributed by atoms with Crippen LogP contribution in [0.25, 0.3) is 0 Å². The summed E-state index contributed by atoms with van der Waals surface area (Å²) in [5.74, 6) is 0.149. The molecule has 3 nitrogen and oxygen atoms in total. The van der Waals surface area contributed by atoms with Gasteiger partial charge in [-0.15, -0.1) is 0 Å². The fourth-order valence-corrected chi connectivity index (χ4v) is 1.77. The van der Waals surface area contributed by atoms with Gasteiger partial charge in [-0.1, -0.05) is 11.6 Å². The molecule has 2 rings (SSSR count). The SMILES string of the molecule is Cc1cc(O)ccc1[N+]([O-])=Cc1ccc(Cl)cc1. The molecule has 0 bridgehead atoms. The van der Waals surface area contributed by atoms with Gasteiger partial charge in [-0.05, 0) is 43.3 Å². The minimum atomic E-state index is 0.149. The molecule has 0 aliphatic carbocycles. The Balaban J connectivity index is 2.35. The van der Waals surface area contributed by atoms with E-state index in [0.29, 0.717) is 10.7 Å². The molecule has 2 aromatic rings. The van der Waals surface area contributed by atoms with Gasteiger partial charge in [0, 0.05) is 22.2 Å². The summed E-state index contributed by atoms with van der Waals surface area (Å²) in [6, 6.07) is 11.6. The maximum atomic E-state index is 12.0. The number of halogens is 1. The molecule has 0 radical (unpaired) electrons. The normalized spacial score (nSPS) is 11.6. The summed E-state index contributed by atoms with van der Waals surface area (Å²) in [6.45, 7) is 1.77. The number of hydrogen-bond donors (Lipinski definition) is 1. The zero-order valence-corrected chi connectivity index (χ0v) is 10.6. The number of phenolic OH excluding ortho intramolecular Hbond substituents is 1. The molecule has 0 spiro atoms. The highest BCUT2D eigenvalue weighted by molar-refractivity contribution is 6.30. The minimum Gasteiger partial charge on any atom is -0.618 e. The van der Waals surface area contributed by atoms with E-state index in [0.717, 1.165) is 15.9 Å². The van der Waals surface area contributed by atoms with Crippen LogP contribution in [0.3, 0.4) is 0 Å². The van der Waals surface area contributed by atoms with Crippen molar-refractivity contribution in [3.63, 3.8) is 0 Å². The lowest BCUT2D eigenvalue weighted by Crippen LogP contribution is -2.00. The third kappa shape index (κ3) is 2.81. The van der Waals surface area contributed by atoms with E-state index in [1.165, 1.54) is 12.3 Å². The van der Waals surface area contributed by atoms with Crippen molar-refractivity contribution in [1.82, 2.24) is 0 Å². The average molecular weight is 262 g/mol. The van der Waals surface area contributed by atoms with E-state index < -0.39 is 0 Å². The molecule has 4 heteroatoms. The van der Waals surface area contributed by atoms with Gasteiger partial charge < -0.3 is 10.3 Å². The quantitative estimate of drug-likeness (QED) is 0.388. The molecule has 0 aliphatic rings. The molecule has 18 heavy (non-hydrogen) atoms. The number of rotatable bonds is 2. The molecule has 0 unspecified atom stereocenters. The van der Waals surface area contributed by atoms with Gasteiger partial charge in [-0.2, -0.15) is 4.74 Å². The van der Waals surface area contributed by atoms with E-state index in [1.54, 1.807) is 43.3 Å². The molecule has 0 heterocycles. The predicted molar refractivity (Wildman–Crippen MR) is 72.7 cm³/mol. The van der Waals surface area contributed by atoms with Crippen LogP contribution in [0, 0.1) is 12.1 Å². The van der Waals surface area contributed by atoms with Crippen LogP contribution in [0.4, 0.5) is 5.69 Å². The lowest BCUT2D eigenvalue weighted by atomic mass is 10.2. The van der Waals surface area contributed by atoms with E-state index in [4.69, 9.17) is 11.6 Å². The van der Waals surface area contributed by atoms with Crippen molar-refractivity contribution >= 4 is 23.5 Å². The van der Waals surface area contributed by atoms with Crippen LogP contribution < -0.4 is 0 Å². The van der Waals surface area contributed by atoms with E-state index in [9.17, 15) is 10.3 Å². The third-order valence-corrected chi connectivity index (χ3v) is 2.81. The first-order chi connectivity index (χ1) is 8.56. The number of aromatic hydroxyl groups is 1. The van der Waals surface area contributed by atoms with Crippen molar-refractivity contribution in [2.45, 2.75) is 6.92 Å². The molecule has 1 N–H and O–H groups in total. The van der Waals surface area contributed by atoms with Gasteiger partial charge >= 0.3 is 0 Å². The number of phenols is 1. The van der Waals surface area contributed by atoms with Gasteiger partial charge in [-0.25, -0.2) is 0 Å². The second-order valence-electron chi connectivity index (χ2n) is 3.98. The zero-order chi connectivity index (χ0) is 13.1. The van der Waals surface area contributed by atoms with E-state index in [-0.39, 0.29) is 5.75 Å². The van der Waals surface area contributed by atoms with Crippen molar-refractivity contribution < 1.29 is 9.85 Å². The van der Waals surface area contributed by atoms with Gasteiger partial charge in [0.1, 0.15) is 5.75 Å². The fraction of sp³-hybridized carbons (Fsp3) is 0.0714. The second kappa shape index (κ2) is 5.10. The van der Waals surface area contributed by atoms with Crippen molar-refractivity contribution in [1.29, 1.82) is 0 Å². The van der Waals surface area contributed by atoms with Crippen LogP contribution >= 0.6 is 11.6 Å². The monoisotopic (exact) mass is 261 g/mol. The summed E-state index contributed by atoms with van der Waals surface area (Å²) in [5.41, 5.74) is 1.99. The van der Waals surface area contributed by atoms with Crippen LogP contribution in [-0.4, -0.2) is 16.1 Å². The molecule has 2 aromatic carbocycles. The molecule has 0 saturated carbocycles. The molecule has 0 amide bonds. The van der Waals surface area contributed by atoms with E-state index in [2.05, 4.69) is 0 Å². The Morgan fingerprint density at radius 2 is 1.83 bits per heavy atom. The summed E-state index contributed by atoms with van der Waals surface area (Å²) in [6.07, 6.45) is 1.47. The largest absolute Gasteiger partial charge is 0.618 e. The number of benzene rings is 2. The second-order valence-corrected chi connectivity index (χ2v) is 4.41. The molecule has 0 aromatic heterocycles. The summed E-state index contributed by atoms with van der Waals surface area (Å²) in [4.78, 5) is 0. The third-order valence-electron chi connectivity index (χ3n) is 2.55. The van der Waals surface area contributed by atoms with Gasteiger partial charge in [0.2, 0.25) is 5.69 Å². The van der Waals surface area contributed by atoms with Crippen molar-refractivity contribution in [2.75, 3.05) is 0 Å². The van der Waals surface area contributed by atoms with Crippen molar-refractivity contribution in [3.8, 4) is 5.75 Å². The Labute approximate surface area is 110 Å². The first kappa shape index (κ1) is 12.5. The van der Waals surface area contributed by atoms with Gasteiger partial charge in [0.15, 0.2) is 6.21 Å². The molecular weight excluding hydrogens is 250 g/mol. The predicted octanol–water partition coefficient (Wildman–Crippen LogP) is 3.61. The number of hydrogen-bond acceptors (Lipinski definition) is 2. The highest BCUT2D eigenvalue weighted by atomic mass is 35.5. The number of aryl methyl sites for hydroxylation is 1. The lowest BCUT2D eigenvalue weighted by Gasteiger charge is -2.06. The molecule has 0 saturated heterocycles. The maximum Gasteiger partial charge on any atom is 0.219 e. The minimum absolute atomic E-state index is 0.149. The first-order valence-corrected chi connectivity index (χ1v) is 5.80. The van der Waals surface area contributed by atoms with E-state index >= 15 is 0 Å². The molecule has 0 atom stereocenters. The molecule has 0 fully saturated rings. The fourth-order valence-electron chi connectivity index (χ4n) is 1.64. The summed E-state index contributed by atoms with van der Waals surface area (Å²) < 4.78 is 0.776. The van der Waals surface area contributed by atoms with Crippen LogP contribution in [0.2, 0.25) is 5.02 Å². The molecule has 92 valence electrons. The summed E-state index contributed by atoms with van der Waals surface area (Å²) in [5, 5.41) is 21.9. The summed E-state index contributed by atoms with van der Waals surface area (Å²) in [7, 11) is 0. The van der Waals surface area contributed by atoms with Gasteiger partial charge in [0.05, 0.1) is 0 Å². The molecular formula is C14H12ClNO2. The lowest BCUT2D eigenvalue weighted by molar-refractivity contribution is -0.355. The average Bonchev–Trinajstić information content (AvgIpc) is 2.32. The smallest absolute Gasteiger partial charge is 0.219 e. The Morgan fingerprint density at radius 3 is 2.44 bits per heavy atom. The van der Waals surface area contributed by atoms with Crippen LogP contribution in [0.1, 0.15) is 11.1 Å². The van der Waals surface area contributed by atoms with Crippen LogP contribution in [0.15, 0.2) is 42.5 Å². The molecule has 0 aliphatic heterocycles. The highest BCUT2D eigenvalue weighted by Gasteiger charge is 2.07. The number of nitrogens with zero attached hydrogens (tertiary/aromatic N) is 1. The Kier molecular flexibility index (Phi) is 3.53. The van der Waals surface area contributed by atoms with Crippen LogP contribution in [0.5, 0.6) is 5.75 Å². The van der Waals surface area contributed by atoms with Crippen LogP contribution in [-0.2, 0) is 0 Å². The summed E-state index contributed by atoms with van der Waals surface area (Å²) >= 11 is 5.77. The van der Waals surface area contributed by atoms with Gasteiger partial charge in [0.25, 0.3) is 0 Å². The Bertz CT molecular complexity index is 591. The first-order valence-electron chi connectivity index (χ1n) is 5.43. The zero-order valence-electron chi connectivity index (χ0n) is 9.80.